The SMILES string of the molecule is O=C1CCCCO1.O=C1OCCC/C1=C\[O-].[Na+]. The molecule has 2 rings (SSSR count). The van der Waals surface area contributed by atoms with Crippen LogP contribution in [-0.2, 0) is 19.1 Å². The summed E-state index contributed by atoms with van der Waals surface area (Å²) >= 11 is 0. The molecule has 0 bridgehead atoms. The first-order valence-corrected chi connectivity index (χ1v) is 5.38. The van der Waals surface area contributed by atoms with Crippen molar-refractivity contribution in [3.05, 3.63) is 11.8 Å². The third kappa shape index (κ3) is 6.71. The second kappa shape index (κ2) is 9.50. The van der Waals surface area contributed by atoms with Crippen molar-refractivity contribution in [3.8, 4) is 0 Å². The number of rotatable bonds is 0. The molecule has 0 aromatic heterocycles. The molecule has 0 spiro atoms. The Bertz CT molecular complexity index is 280. The maximum absolute atomic E-state index is 10.5. The summed E-state index contributed by atoms with van der Waals surface area (Å²) in [6, 6.07) is 0. The number of hydrogen-bond donors (Lipinski definition) is 0. The van der Waals surface area contributed by atoms with E-state index in [0.29, 0.717) is 32.3 Å². The van der Waals surface area contributed by atoms with Crippen LogP contribution in [0.4, 0.5) is 0 Å². The molecule has 0 aliphatic carbocycles. The first-order chi connectivity index (χ1) is 7.74. The van der Waals surface area contributed by atoms with Gasteiger partial charge in [-0.15, -0.1) is 6.26 Å². The second-order valence-corrected chi connectivity index (χ2v) is 3.56. The molecule has 2 saturated heterocycles. The molecule has 2 aliphatic heterocycles. The minimum absolute atomic E-state index is 0. The maximum atomic E-state index is 10.5. The Kier molecular flexibility index (Phi) is 9.21. The molecule has 0 amide bonds. The number of carbonyl (C=O) groups is 2. The Morgan fingerprint density at radius 3 is 2.06 bits per heavy atom. The fraction of sp³-hybridized carbons (Fsp3) is 0.636. The van der Waals surface area contributed by atoms with Gasteiger partial charge in [-0.2, -0.15) is 0 Å². The summed E-state index contributed by atoms with van der Waals surface area (Å²) in [4.78, 5) is 20.8. The Balaban J connectivity index is 0.000000292. The van der Waals surface area contributed by atoms with Gasteiger partial charge in [-0.25, -0.2) is 4.79 Å². The summed E-state index contributed by atoms with van der Waals surface area (Å²) in [5.74, 6) is -0.484. The van der Waals surface area contributed by atoms with E-state index in [-0.39, 0.29) is 41.1 Å². The second-order valence-electron chi connectivity index (χ2n) is 3.56. The fourth-order valence-corrected chi connectivity index (χ4v) is 1.36. The van der Waals surface area contributed by atoms with Crippen molar-refractivity contribution < 1.29 is 53.7 Å². The van der Waals surface area contributed by atoms with Gasteiger partial charge < -0.3 is 14.6 Å². The normalized spacial score (nSPS) is 21.5. The molecule has 90 valence electrons. The van der Waals surface area contributed by atoms with E-state index in [4.69, 9.17) is 0 Å². The van der Waals surface area contributed by atoms with E-state index in [1.54, 1.807) is 0 Å². The van der Waals surface area contributed by atoms with E-state index >= 15 is 0 Å². The van der Waals surface area contributed by atoms with Crippen LogP contribution in [0.1, 0.15) is 32.1 Å². The molecule has 2 heterocycles. The van der Waals surface area contributed by atoms with Crippen molar-refractivity contribution >= 4 is 11.9 Å². The Morgan fingerprint density at radius 1 is 1.00 bits per heavy atom. The Labute approximate surface area is 122 Å². The van der Waals surface area contributed by atoms with Crippen molar-refractivity contribution in [2.75, 3.05) is 13.2 Å². The zero-order valence-corrected chi connectivity index (χ0v) is 12.1. The molecule has 0 aromatic carbocycles. The summed E-state index contributed by atoms with van der Waals surface area (Å²) in [5, 5.41) is 10.0. The van der Waals surface area contributed by atoms with Gasteiger partial charge in [0.25, 0.3) is 0 Å². The fourth-order valence-electron chi connectivity index (χ4n) is 1.36. The summed E-state index contributed by atoms with van der Waals surface area (Å²) in [6.45, 7) is 1.09. The molecule has 17 heavy (non-hydrogen) atoms. The van der Waals surface area contributed by atoms with Crippen LogP contribution < -0.4 is 34.7 Å². The summed E-state index contributed by atoms with van der Waals surface area (Å²) in [6.07, 6.45) is 4.61. The molecule has 0 aromatic rings. The third-order valence-corrected chi connectivity index (χ3v) is 2.27. The van der Waals surface area contributed by atoms with Crippen molar-refractivity contribution in [2.24, 2.45) is 0 Å². The number of cyclic esters (lactones) is 2. The first kappa shape index (κ1) is 16.5. The molecule has 0 saturated carbocycles. The number of ether oxygens (including phenoxy) is 2. The maximum Gasteiger partial charge on any atom is 1.00 e. The van der Waals surface area contributed by atoms with E-state index in [9.17, 15) is 14.7 Å². The molecule has 6 heteroatoms. The molecule has 0 unspecified atom stereocenters. The zero-order chi connectivity index (χ0) is 11.8. The van der Waals surface area contributed by atoms with Crippen LogP contribution in [0, 0.1) is 0 Å². The van der Waals surface area contributed by atoms with Gasteiger partial charge in [-0.3, -0.25) is 4.79 Å². The third-order valence-electron chi connectivity index (χ3n) is 2.27. The van der Waals surface area contributed by atoms with Crippen LogP contribution in [0.2, 0.25) is 0 Å². The zero-order valence-electron chi connectivity index (χ0n) is 10.1. The molecule has 5 nitrogen and oxygen atoms in total. The Morgan fingerprint density at radius 2 is 1.71 bits per heavy atom. The summed E-state index contributed by atoms with van der Waals surface area (Å²) < 4.78 is 9.21. The van der Waals surface area contributed by atoms with Gasteiger partial charge >= 0.3 is 41.5 Å². The van der Waals surface area contributed by atoms with Gasteiger partial charge in [0, 0.05) is 12.0 Å². The number of carbonyl (C=O) groups excluding carboxylic acids is 2. The van der Waals surface area contributed by atoms with Crippen molar-refractivity contribution in [3.63, 3.8) is 0 Å². The predicted octanol–water partition coefficient (Wildman–Crippen LogP) is -2.71. The minimum Gasteiger partial charge on any atom is -0.878 e. The number of esters is 2. The topological polar surface area (TPSA) is 75.7 Å². The standard InChI is InChI=1S/C6H8O3.C5H8O2.Na/c7-4-5-2-1-3-9-6(5)8;6-5-3-1-2-4-7-5;/h4,7H,1-3H2;1-4H2;/q;;+1/p-1/b5-4+;;. The van der Waals surface area contributed by atoms with Crippen LogP contribution in [0.5, 0.6) is 0 Å². The largest absolute Gasteiger partial charge is 1.00 e. The molecule has 0 atom stereocenters. The molecular weight excluding hydrogens is 235 g/mol. The van der Waals surface area contributed by atoms with E-state index in [2.05, 4.69) is 9.47 Å². The van der Waals surface area contributed by atoms with E-state index < -0.39 is 5.97 Å². The molecule has 2 aliphatic rings. The van der Waals surface area contributed by atoms with Crippen molar-refractivity contribution in [1.29, 1.82) is 0 Å². The van der Waals surface area contributed by atoms with Crippen molar-refractivity contribution in [2.45, 2.75) is 32.1 Å². The average molecular weight is 250 g/mol. The van der Waals surface area contributed by atoms with Crippen molar-refractivity contribution in [1.82, 2.24) is 0 Å². The monoisotopic (exact) mass is 250 g/mol. The van der Waals surface area contributed by atoms with Gasteiger partial charge in [0.1, 0.15) is 0 Å². The Hall–Kier alpha value is -0.520. The molecule has 0 radical (unpaired) electrons. The van der Waals surface area contributed by atoms with Crippen LogP contribution in [0.3, 0.4) is 0 Å². The number of hydrogen-bond acceptors (Lipinski definition) is 5. The van der Waals surface area contributed by atoms with Crippen LogP contribution >= 0.6 is 0 Å². The quantitative estimate of drug-likeness (QED) is 0.202. The average Bonchev–Trinajstić information content (AvgIpc) is 2.31. The van der Waals surface area contributed by atoms with Gasteiger partial charge in [0.05, 0.1) is 13.2 Å². The molecule has 2 fully saturated rings. The summed E-state index contributed by atoms with van der Waals surface area (Å²) in [7, 11) is 0. The van der Waals surface area contributed by atoms with Crippen LogP contribution in [0.25, 0.3) is 0 Å². The van der Waals surface area contributed by atoms with E-state index in [1.165, 1.54) is 0 Å². The summed E-state index contributed by atoms with van der Waals surface area (Å²) in [5.41, 5.74) is 0.265. The predicted molar refractivity (Wildman–Crippen MR) is 53.1 cm³/mol. The van der Waals surface area contributed by atoms with Gasteiger partial charge in [-0.05, 0) is 25.7 Å². The smallest absolute Gasteiger partial charge is 0.878 e. The van der Waals surface area contributed by atoms with E-state index in [0.717, 1.165) is 19.3 Å². The first-order valence-electron chi connectivity index (χ1n) is 5.38. The van der Waals surface area contributed by atoms with Crippen LogP contribution in [0.15, 0.2) is 11.8 Å². The minimum atomic E-state index is -0.448. The van der Waals surface area contributed by atoms with Gasteiger partial charge in [0.15, 0.2) is 0 Å². The van der Waals surface area contributed by atoms with Gasteiger partial charge in [-0.1, -0.05) is 0 Å². The van der Waals surface area contributed by atoms with Crippen LogP contribution in [-0.4, -0.2) is 25.2 Å². The molecular formula is C11H15NaO5. The van der Waals surface area contributed by atoms with E-state index in [1.807, 2.05) is 0 Å². The molecule has 0 N–H and O–H groups in total. The van der Waals surface area contributed by atoms with Gasteiger partial charge in [0.2, 0.25) is 0 Å².